The van der Waals surface area contributed by atoms with Crippen LogP contribution in [0.1, 0.15) is 32.8 Å². The molecule has 18 heavy (non-hydrogen) atoms. The maximum atomic E-state index is 5.93. The van der Waals surface area contributed by atoms with Crippen molar-refractivity contribution in [3.05, 3.63) is 28.8 Å². The Kier molecular flexibility index (Phi) is 5.97. The second-order valence-electron chi connectivity index (χ2n) is 5.82. The summed E-state index contributed by atoms with van der Waals surface area (Å²) >= 11 is 5.93. The maximum Gasteiger partial charge on any atom is 0.123 e. The highest BCUT2D eigenvalue weighted by Gasteiger charge is 2.08. The first-order valence-electron chi connectivity index (χ1n) is 6.48. The molecule has 3 heteroatoms. The van der Waals surface area contributed by atoms with Crippen molar-refractivity contribution in [2.24, 2.45) is 5.41 Å². The number of ether oxygens (including phenoxy) is 1. The summed E-state index contributed by atoms with van der Waals surface area (Å²) in [6.07, 6.45) is 1.17. The molecular formula is C15H24ClNO. The monoisotopic (exact) mass is 269 g/mol. The topological polar surface area (TPSA) is 21.3 Å². The highest BCUT2D eigenvalue weighted by Crippen LogP contribution is 2.22. The van der Waals surface area contributed by atoms with E-state index in [-0.39, 0.29) is 0 Å². The van der Waals surface area contributed by atoms with Gasteiger partial charge in [-0.2, -0.15) is 0 Å². The number of nitrogens with one attached hydrogen (secondary N) is 1. The fourth-order valence-corrected chi connectivity index (χ4v) is 1.71. The largest absolute Gasteiger partial charge is 0.492 e. The molecule has 0 unspecified atom stereocenters. The van der Waals surface area contributed by atoms with Crippen LogP contribution in [-0.2, 0) is 0 Å². The Bertz CT molecular complexity index is 371. The van der Waals surface area contributed by atoms with Crippen molar-refractivity contribution in [3.63, 3.8) is 0 Å². The molecular weight excluding hydrogens is 246 g/mol. The van der Waals surface area contributed by atoms with Crippen molar-refractivity contribution in [1.29, 1.82) is 0 Å². The number of hydrogen-bond donors (Lipinski definition) is 1. The zero-order valence-corrected chi connectivity index (χ0v) is 12.6. The van der Waals surface area contributed by atoms with Gasteiger partial charge in [0.2, 0.25) is 0 Å². The van der Waals surface area contributed by atoms with E-state index in [0.29, 0.717) is 12.0 Å². The number of halogens is 1. The Morgan fingerprint density at radius 1 is 1.22 bits per heavy atom. The van der Waals surface area contributed by atoms with E-state index >= 15 is 0 Å². The molecule has 0 saturated heterocycles. The first-order chi connectivity index (χ1) is 8.38. The fraction of sp³-hybridized carbons (Fsp3) is 0.600. The minimum atomic E-state index is 0.386. The lowest BCUT2D eigenvalue weighted by molar-refractivity contribution is 0.302. The third kappa shape index (κ3) is 6.27. The molecule has 0 atom stereocenters. The molecule has 0 fully saturated rings. The number of aryl methyl sites for hydroxylation is 1. The van der Waals surface area contributed by atoms with Crippen molar-refractivity contribution in [3.8, 4) is 5.75 Å². The SMILES string of the molecule is Cc1ccc(Cl)cc1OCCNCCC(C)(C)C. The Hall–Kier alpha value is -0.730. The van der Waals surface area contributed by atoms with Gasteiger partial charge in [-0.15, -0.1) is 0 Å². The number of benzene rings is 1. The molecule has 0 aliphatic heterocycles. The van der Waals surface area contributed by atoms with Crippen LogP contribution in [0.4, 0.5) is 0 Å². The van der Waals surface area contributed by atoms with E-state index in [1.165, 1.54) is 6.42 Å². The van der Waals surface area contributed by atoms with Crippen molar-refractivity contribution in [1.82, 2.24) is 5.32 Å². The molecule has 0 aliphatic carbocycles. The number of rotatable bonds is 6. The van der Waals surface area contributed by atoms with Crippen LogP contribution < -0.4 is 10.1 Å². The summed E-state index contributed by atoms with van der Waals surface area (Å²) in [6, 6.07) is 5.72. The van der Waals surface area contributed by atoms with Gasteiger partial charge in [0.1, 0.15) is 12.4 Å². The first kappa shape index (κ1) is 15.3. The lowest BCUT2D eigenvalue weighted by Gasteiger charge is -2.18. The minimum absolute atomic E-state index is 0.386. The quantitative estimate of drug-likeness (QED) is 0.787. The van der Waals surface area contributed by atoms with Gasteiger partial charge in [-0.05, 0) is 43.0 Å². The Morgan fingerprint density at radius 3 is 2.61 bits per heavy atom. The summed E-state index contributed by atoms with van der Waals surface area (Å²) in [7, 11) is 0. The average Bonchev–Trinajstić information content (AvgIpc) is 2.26. The van der Waals surface area contributed by atoms with E-state index in [0.717, 1.165) is 29.4 Å². The molecule has 1 aromatic carbocycles. The molecule has 2 nitrogen and oxygen atoms in total. The molecule has 1 aromatic rings. The average molecular weight is 270 g/mol. The van der Waals surface area contributed by atoms with Gasteiger partial charge in [-0.3, -0.25) is 0 Å². The van der Waals surface area contributed by atoms with Crippen LogP contribution in [0.2, 0.25) is 5.02 Å². The second kappa shape index (κ2) is 7.01. The van der Waals surface area contributed by atoms with Gasteiger partial charge in [0.05, 0.1) is 0 Å². The van der Waals surface area contributed by atoms with Gasteiger partial charge in [0.25, 0.3) is 0 Å². The van der Waals surface area contributed by atoms with Crippen LogP contribution in [-0.4, -0.2) is 19.7 Å². The lowest BCUT2D eigenvalue weighted by Crippen LogP contribution is -2.25. The molecule has 1 N–H and O–H groups in total. The van der Waals surface area contributed by atoms with Crippen molar-refractivity contribution >= 4 is 11.6 Å². The molecule has 0 aliphatic rings. The summed E-state index contributed by atoms with van der Waals surface area (Å²) in [6.45, 7) is 11.3. The maximum absolute atomic E-state index is 5.93. The van der Waals surface area contributed by atoms with E-state index in [9.17, 15) is 0 Å². The smallest absolute Gasteiger partial charge is 0.123 e. The Balaban J connectivity index is 2.20. The molecule has 0 saturated carbocycles. The van der Waals surface area contributed by atoms with Crippen molar-refractivity contribution < 1.29 is 4.74 Å². The highest BCUT2D eigenvalue weighted by atomic mass is 35.5. The van der Waals surface area contributed by atoms with Crippen LogP contribution in [0.3, 0.4) is 0 Å². The third-order valence-electron chi connectivity index (χ3n) is 2.74. The van der Waals surface area contributed by atoms with Crippen LogP contribution in [0.5, 0.6) is 5.75 Å². The molecule has 0 heterocycles. The van der Waals surface area contributed by atoms with E-state index in [1.54, 1.807) is 0 Å². The van der Waals surface area contributed by atoms with Gasteiger partial charge < -0.3 is 10.1 Å². The molecule has 0 spiro atoms. The summed E-state index contributed by atoms with van der Waals surface area (Å²) in [4.78, 5) is 0. The van der Waals surface area contributed by atoms with Crippen LogP contribution in [0.25, 0.3) is 0 Å². The molecule has 0 bridgehead atoms. The summed E-state index contributed by atoms with van der Waals surface area (Å²) < 4.78 is 5.70. The molecule has 1 rings (SSSR count). The van der Waals surface area contributed by atoms with Gasteiger partial charge >= 0.3 is 0 Å². The zero-order chi connectivity index (χ0) is 13.6. The third-order valence-corrected chi connectivity index (χ3v) is 2.97. The molecule has 0 aromatic heterocycles. The molecule has 0 amide bonds. The molecule has 0 radical (unpaired) electrons. The first-order valence-corrected chi connectivity index (χ1v) is 6.86. The summed E-state index contributed by atoms with van der Waals surface area (Å²) in [5.41, 5.74) is 1.51. The standard InChI is InChI=1S/C15H24ClNO/c1-12-5-6-13(16)11-14(12)18-10-9-17-8-7-15(2,3)4/h5-6,11,17H,7-10H2,1-4H3. The predicted molar refractivity (Wildman–Crippen MR) is 78.6 cm³/mol. The zero-order valence-electron chi connectivity index (χ0n) is 11.8. The van der Waals surface area contributed by atoms with Gasteiger partial charge in [-0.1, -0.05) is 38.4 Å². The summed E-state index contributed by atoms with van der Waals surface area (Å²) in [5.74, 6) is 0.875. The van der Waals surface area contributed by atoms with E-state index < -0.39 is 0 Å². The Labute approximate surface area is 116 Å². The highest BCUT2D eigenvalue weighted by molar-refractivity contribution is 6.30. The van der Waals surface area contributed by atoms with Gasteiger partial charge in [0, 0.05) is 11.6 Å². The van der Waals surface area contributed by atoms with E-state index in [1.807, 2.05) is 25.1 Å². The van der Waals surface area contributed by atoms with E-state index in [2.05, 4.69) is 26.1 Å². The van der Waals surface area contributed by atoms with Crippen LogP contribution >= 0.6 is 11.6 Å². The van der Waals surface area contributed by atoms with Crippen molar-refractivity contribution in [2.45, 2.75) is 34.1 Å². The molecule has 102 valence electrons. The van der Waals surface area contributed by atoms with Gasteiger partial charge in [-0.25, -0.2) is 0 Å². The fourth-order valence-electron chi connectivity index (χ4n) is 1.55. The predicted octanol–water partition coefficient (Wildman–Crippen LogP) is 4.05. The lowest BCUT2D eigenvalue weighted by atomic mass is 9.92. The van der Waals surface area contributed by atoms with Crippen LogP contribution in [0.15, 0.2) is 18.2 Å². The summed E-state index contributed by atoms with van der Waals surface area (Å²) in [5, 5.41) is 4.11. The van der Waals surface area contributed by atoms with Crippen LogP contribution in [0, 0.1) is 12.3 Å². The normalized spacial score (nSPS) is 11.6. The van der Waals surface area contributed by atoms with Gasteiger partial charge in [0.15, 0.2) is 0 Å². The Morgan fingerprint density at radius 2 is 1.94 bits per heavy atom. The van der Waals surface area contributed by atoms with Crippen molar-refractivity contribution in [2.75, 3.05) is 19.7 Å². The minimum Gasteiger partial charge on any atom is -0.492 e. The number of hydrogen-bond acceptors (Lipinski definition) is 2. The second-order valence-corrected chi connectivity index (χ2v) is 6.26. The van der Waals surface area contributed by atoms with E-state index in [4.69, 9.17) is 16.3 Å².